The topological polar surface area (TPSA) is 78.1 Å². The van der Waals surface area contributed by atoms with Gasteiger partial charge in [0.2, 0.25) is 5.91 Å². The zero-order valence-electron chi connectivity index (χ0n) is 25.9. The van der Waals surface area contributed by atoms with Crippen LogP contribution in [0.2, 0.25) is 0 Å². The Bertz CT molecular complexity index is 2280. The van der Waals surface area contributed by atoms with Crippen molar-refractivity contribution < 1.29 is 27.1 Å². The third-order valence-corrected chi connectivity index (χ3v) is 10.1. The number of halogens is 4. The largest absolute Gasteiger partial charge is 0.489 e. The lowest BCUT2D eigenvalue weighted by Crippen LogP contribution is -2.43. The first kappa shape index (κ1) is 30.3. The molecule has 48 heavy (non-hydrogen) atoms. The van der Waals surface area contributed by atoms with E-state index in [4.69, 9.17) is 14.8 Å². The van der Waals surface area contributed by atoms with Gasteiger partial charge in [0.05, 0.1) is 41.3 Å². The van der Waals surface area contributed by atoms with E-state index in [9.17, 15) is 18.0 Å². The molecule has 2 aliphatic rings. The number of hydrogen-bond acceptors (Lipinski definition) is 6. The molecule has 1 saturated carbocycles. The van der Waals surface area contributed by atoms with Crippen molar-refractivity contribution in [1.82, 2.24) is 29.4 Å². The molecular formula is C35H28F4N6O2S. The first-order chi connectivity index (χ1) is 23.0. The molecule has 1 amide bonds. The molecule has 13 heteroatoms. The highest BCUT2D eigenvalue weighted by Crippen LogP contribution is 2.49. The Morgan fingerprint density at radius 2 is 1.90 bits per heavy atom. The molecule has 0 spiro atoms. The van der Waals surface area contributed by atoms with Crippen molar-refractivity contribution >= 4 is 38.2 Å². The van der Waals surface area contributed by atoms with Crippen molar-refractivity contribution in [3.05, 3.63) is 84.0 Å². The molecule has 4 aromatic heterocycles. The molecule has 0 bridgehead atoms. The van der Waals surface area contributed by atoms with Crippen LogP contribution in [0.4, 0.5) is 17.6 Å². The smallest absolute Gasteiger partial charge is 0.255 e. The quantitative estimate of drug-likeness (QED) is 0.133. The van der Waals surface area contributed by atoms with Crippen LogP contribution in [-0.4, -0.2) is 53.9 Å². The lowest BCUT2D eigenvalue weighted by Gasteiger charge is -2.35. The molecule has 0 radical (unpaired) electrons. The number of amides is 1. The summed E-state index contributed by atoms with van der Waals surface area (Å²) in [5.41, 5.74) is 4.02. The van der Waals surface area contributed by atoms with E-state index >= 15 is 4.39 Å². The van der Waals surface area contributed by atoms with Crippen LogP contribution in [0.25, 0.3) is 54.8 Å². The second-order valence-electron chi connectivity index (χ2n) is 12.2. The molecule has 2 aromatic carbocycles. The van der Waals surface area contributed by atoms with E-state index in [1.807, 2.05) is 49.7 Å². The number of rotatable bonds is 6. The van der Waals surface area contributed by atoms with E-state index in [-0.39, 0.29) is 23.3 Å². The van der Waals surface area contributed by atoms with Crippen molar-refractivity contribution in [3.63, 3.8) is 0 Å². The normalized spacial score (nSPS) is 17.5. The summed E-state index contributed by atoms with van der Waals surface area (Å²) in [4.78, 5) is 19.5. The molecule has 244 valence electrons. The molecule has 8 rings (SSSR count). The van der Waals surface area contributed by atoms with Gasteiger partial charge in [0, 0.05) is 65.2 Å². The van der Waals surface area contributed by atoms with Gasteiger partial charge in [0.25, 0.3) is 5.92 Å². The minimum atomic E-state index is -2.89. The Balaban J connectivity index is 1.38. The fourth-order valence-electron chi connectivity index (χ4n) is 6.76. The Morgan fingerprint density at radius 3 is 2.67 bits per heavy atom. The summed E-state index contributed by atoms with van der Waals surface area (Å²) in [5, 5.41) is 12.7. The van der Waals surface area contributed by atoms with Gasteiger partial charge in [-0.15, -0.1) is 11.3 Å². The number of hydrogen-bond donors (Lipinski definition) is 0. The molecule has 1 aliphatic carbocycles. The number of benzene rings is 2. The van der Waals surface area contributed by atoms with Gasteiger partial charge in [-0.05, 0) is 42.6 Å². The predicted octanol–water partition coefficient (Wildman–Crippen LogP) is 7.92. The van der Waals surface area contributed by atoms with Crippen LogP contribution >= 0.6 is 11.3 Å². The number of nitrogens with zero attached hydrogens (tertiary/aromatic N) is 6. The molecular weight excluding hydrogens is 644 g/mol. The van der Waals surface area contributed by atoms with Crippen molar-refractivity contribution in [2.45, 2.75) is 44.4 Å². The van der Waals surface area contributed by atoms with Gasteiger partial charge in [-0.1, -0.05) is 12.6 Å². The van der Waals surface area contributed by atoms with Crippen LogP contribution < -0.4 is 4.74 Å². The lowest BCUT2D eigenvalue weighted by molar-refractivity contribution is -0.134. The Morgan fingerprint density at radius 1 is 1.08 bits per heavy atom. The first-order valence-corrected chi connectivity index (χ1v) is 16.3. The molecule has 1 aliphatic heterocycles. The monoisotopic (exact) mass is 672 g/mol. The highest BCUT2D eigenvalue weighted by atomic mass is 32.1. The van der Waals surface area contributed by atoms with E-state index in [0.29, 0.717) is 45.8 Å². The van der Waals surface area contributed by atoms with Crippen LogP contribution in [0.3, 0.4) is 0 Å². The van der Waals surface area contributed by atoms with Gasteiger partial charge in [0.1, 0.15) is 34.9 Å². The summed E-state index contributed by atoms with van der Waals surface area (Å²) >= 11 is 1.35. The minimum absolute atomic E-state index is 0.0849. The van der Waals surface area contributed by atoms with Crippen molar-refractivity contribution in [2.24, 2.45) is 7.05 Å². The number of aromatic nitrogens is 5. The van der Waals surface area contributed by atoms with E-state index in [0.717, 1.165) is 34.3 Å². The van der Waals surface area contributed by atoms with Crippen LogP contribution in [0.5, 0.6) is 5.75 Å². The average molecular weight is 673 g/mol. The van der Waals surface area contributed by atoms with E-state index in [1.165, 1.54) is 17.4 Å². The number of carbonyl (C=O) groups is 1. The Hall–Kier alpha value is -5.04. The van der Waals surface area contributed by atoms with Crippen molar-refractivity contribution in [3.8, 4) is 39.5 Å². The summed E-state index contributed by atoms with van der Waals surface area (Å²) in [6.07, 6.45) is 1.03. The predicted molar refractivity (Wildman–Crippen MR) is 175 cm³/mol. The number of alkyl halides is 2. The molecule has 8 nitrogen and oxygen atoms in total. The van der Waals surface area contributed by atoms with Crippen molar-refractivity contribution in [2.75, 3.05) is 6.54 Å². The number of fused-ring (bicyclic) bond motifs is 3. The molecule has 1 atom stereocenters. The molecule has 1 fully saturated rings. The summed E-state index contributed by atoms with van der Waals surface area (Å²) in [6.45, 7) is 6.34. The first-order valence-electron chi connectivity index (χ1n) is 15.4. The highest BCUT2D eigenvalue weighted by Gasteiger charge is 2.47. The number of aryl methyl sites for hydroxylation is 1. The number of pyridine rings is 1. The molecule has 0 N–H and O–H groups in total. The maximum atomic E-state index is 16.1. The zero-order valence-corrected chi connectivity index (χ0v) is 26.7. The molecule has 1 unspecified atom stereocenters. The van der Waals surface area contributed by atoms with Gasteiger partial charge in [-0.2, -0.15) is 10.2 Å². The zero-order chi connectivity index (χ0) is 33.5. The third kappa shape index (κ3) is 4.86. The average Bonchev–Trinajstić information content (AvgIpc) is 3.78. The lowest BCUT2D eigenvalue weighted by atomic mass is 9.90. The van der Waals surface area contributed by atoms with E-state index < -0.39 is 36.5 Å². The van der Waals surface area contributed by atoms with Crippen LogP contribution in [0.15, 0.2) is 66.7 Å². The Labute approximate surface area is 275 Å². The number of ether oxygens (including phenoxy) is 1. The number of carbonyl (C=O) groups excluding carboxylic acids is 1. The number of thiophene rings is 1. The standard InChI is InChI=1S/C35H28F4N6O2S/c1-4-29(46)44-8-9-45-27(18(44)2)14-25(42-45)33-31(30-24(37)12-21(36)13-28(30)47-22-15-35(38,39)16-22)34-23(7-10-48-34)32(41-33)19-5-6-26-20(11-19)17-40-43(26)3/h4-7,10-14,17-18,22H,1,8-9,15-16H2,2-3H3. The second-order valence-corrected chi connectivity index (χ2v) is 13.2. The van der Waals surface area contributed by atoms with Gasteiger partial charge in [-0.25, -0.2) is 22.5 Å². The fraction of sp³-hybridized carbons (Fsp3) is 0.257. The summed E-state index contributed by atoms with van der Waals surface area (Å²) in [6, 6.07) is 11.0. The van der Waals surface area contributed by atoms with Gasteiger partial charge >= 0.3 is 0 Å². The van der Waals surface area contributed by atoms with Gasteiger partial charge in [-0.3, -0.25) is 14.2 Å². The third-order valence-electron chi connectivity index (χ3n) is 9.20. The summed E-state index contributed by atoms with van der Waals surface area (Å²) < 4.78 is 68.6. The Kier molecular flexibility index (Phi) is 6.95. The second kappa shape index (κ2) is 11.0. The van der Waals surface area contributed by atoms with E-state index in [2.05, 4.69) is 11.7 Å². The molecule has 0 saturated heterocycles. The highest BCUT2D eigenvalue weighted by molar-refractivity contribution is 7.18. The van der Waals surface area contributed by atoms with Gasteiger partial charge < -0.3 is 9.64 Å². The summed E-state index contributed by atoms with van der Waals surface area (Å²) in [5.74, 6) is -5.10. The fourth-order valence-corrected chi connectivity index (χ4v) is 7.71. The summed E-state index contributed by atoms with van der Waals surface area (Å²) in [7, 11) is 1.86. The van der Waals surface area contributed by atoms with Crippen LogP contribution in [-0.2, 0) is 18.4 Å². The van der Waals surface area contributed by atoms with Crippen LogP contribution in [0.1, 0.15) is 31.5 Å². The van der Waals surface area contributed by atoms with Crippen molar-refractivity contribution in [1.29, 1.82) is 0 Å². The maximum Gasteiger partial charge on any atom is 0.255 e. The van der Waals surface area contributed by atoms with E-state index in [1.54, 1.807) is 20.5 Å². The van der Waals surface area contributed by atoms with Gasteiger partial charge in [0.15, 0.2) is 0 Å². The minimum Gasteiger partial charge on any atom is -0.489 e. The molecule has 5 heterocycles. The van der Waals surface area contributed by atoms with Crippen LogP contribution in [0, 0.1) is 11.6 Å². The maximum absolute atomic E-state index is 16.1. The molecule has 6 aromatic rings. The SMILES string of the molecule is C=CC(=O)N1CCn2nc(-c3nc(-c4ccc5c(cnn5C)c4)c4ccsc4c3-c3c(F)cc(F)cc3OC3CC(F)(F)C3)cc2C1C.